The summed E-state index contributed by atoms with van der Waals surface area (Å²) in [6.45, 7) is 6.76. The highest BCUT2D eigenvalue weighted by Gasteiger charge is 2.16. The van der Waals surface area contributed by atoms with Crippen LogP contribution >= 0.6 is 15.9 Å². The van der Waals surface area contributed by atoms with Gasteiger partial charge < -0.3 is 0 Å². The number of alkyl halides is 1. The average Bonchev–Trinajstić information content (AvgIpc) is 2.20. The molecule has 2 heteroatoms. The van der Waals surface area contributed by atoms with Crippen molar-refractivity contribution >= 4 is 15.9 Å². The minimum absolute atomic E-state index is 0.159. The van der Waals surface area contributed by atoms with Gasteiger partial charge in [0.25, 0.3) is 0 Å². The zero-order valence-electron chi connectivity index (χ0n) is 10.3. The molecule has 1 aromatic carbocycles. The first-order chi connectivity index (χ1) is 7.42. The molecule has 0 bridgehead atoms. The van der Waals surface area contributed by atoms with E-state index in [1.165, 1.54) is 12.0 Å². The van der Waals surface area contributed by atoms with Crippen LogP contribution in [0.2, 0.25) is 0 Å². The lowest BCUT2D eigenvalue weighted by molar-refractivity contribution is 0.354. The van der Waals surface area contributed by atoms with Gasteiger partial charge in [-0.15, -0.1) is 0 Å². The molecule has 0 nitrogen and oxygen atoms in total. The highest BCUT2D eigenvalue weighted by Crippen LogP contribution is 2.30. The predicted molar refractivity (Wildman–Crippen MR) is 71.6 cm³/mol. The topological polar surface area (TPSA) is 0 Å². The zero-order chi connectivity index (χ0) is 12.2. The number of halogens is 2. The molecular weight excluding hydrogens is 267 g/mol. The van der Waals surface area contributed by atoms with Crippen molar-refractivity contribution in [2.24, 2.45) is 5.41 Å². The van der Waals surface area contributed by atoms with Crippen molar-refractivity contribution in [1.82, 2.24) is 0 Å². The molecular formula is C14H20BrF. The van der Waals surface area contributed by atoms with Crippen LogP contribution in [0.3, 0.4) is 0 Å². The summed E-state index contributed by atoms with van der Waals surface area (Å²) in [6, 6.07) is 6.87. The zero-order valence-corrected chi connectivity index (χ0v) is 11.8. The van der Waals surface area contributed by atoms with Gasteiger partial charge >= 0.3 is 0 Å². The lowest BCUT2D eigenvalue weighted by Gasteiger charge is -2.22. The standard InChI is InChI=1S/C14H20BrF/c1-14(2,3)9-8-12(10-15)11-4-6-13(16)7-5-11/h4-7,12H,8-10H2,1-3H3. The fourth-order valence-electron chi connectivity index (χ4n) is 1.68. The minimum Gasteiger partial charge on any atom is -0.207 e. The summed E-state index contributed by atoms with van der Waals surface area (Å²) in [4.78, 5) is 0. The Morgan fingerprint density at radius 3 is 2.19 bits per heavy atom. The van der Waals surface area contributed by atoms with Crippen LogP contribution in [0, 0.1) is 11.2 Å². The first kappa shape index (κ1) is 13.7. The van der Waals surface area contributed by atoms with E-state index in [0.717, 1.165) is 11.8 Å². The lowest BCUT2D eigenvalue weighted by atomic mass is 9.85. The molecule has 0 aromatic heterocycles. The molecule has 0 radical (unpaired) electrons. The molecule has 0 aliphatic heterocycles. The summed E-state index contributed by atoms with van der Waals surface area (Å²) in [7, 11) is 0. The van der Waals surface area contributed by atoms with Crippen LogP contribution in [0.1, 0.15) is 45.1 Å². The Kier molecular flexibility index (Phi) is 4.97. The van der Waals surface area contributed by atoms with Crippen molar-refractivity contribution in [3.8, 4) is 0 Å². The fraction of sp³-hybridized carbons (Fsp3) is 0.571. The van der Waals surface area contributed by atoms with Crippen LogP contribution in [0.4, 0.5) is 4.39 Å². The Hall–Kier alpha value is -0.370. The molecule has 0 amide bonds. The van der Waals surface area contributed by atoms with Crippen molar-refractivity contribution in [3.63, 3.8) is 0 Å². The largest absolute Gasteiger partial charge is 0.207 e. The number of hydrogen-bond donors (Lipinski definition) is 0. The maximum absolute atomic E-state index is 12.8. The van der Waals surface area contributed by atoms with E-state index in [9.17, 15) is 4.39 Å². The Labute approximate surface area is 106 Å². The Bertz CT molecular complexity index is 311. The molecule has 0 N–H and O–H groups in total. The molecule has 0 fully saturated rings. The van der Waals surface area contributed by atoms with Crippen LogP contribution in [0.15, 0.2) is 24.3 Å². The third-order valence-electron chi connectivity index (χ3n) is 2.77. The average molecular weight is 287 g/mol. The molecule has 1 atom stereocenters. The normalized spacial score (nSPS) is 13.8. The SMILES string of the molecule is CC(C)(C)CCC(CBr)c1ccc(F)cc1. The van der Waals surface area contributed by atoms with Gasteiger partial charge in [-0.3, -0.25) is 0 Å². The van der Waals surface area contributed by atoms with Gasteiger partial charge in [0.2, 0.25) is 0 Å². The van der Waals surface area contributed by atoms with E-state index < -0.39 is 0 Å². The van der Waals surface area contributed by atoms with Gasteiger partial charge in [0.05, 0.1) is 0 Å². The first-order valence-electron chi connectivity index (χ1n) is 5.74. The smallest absolute Gasteiger partial charge is 0.123 e. The van der Waals surface area contributed by atoms with Crippen molar-refractivity contribution in [1.29, 1.82) is 0 Å². The quantitative estimate of drug-likeness (QED) is 0.673. The molecule has 0 saturated heterocycles. The van der Waals surface area contributed by atoms with Crippen LogP contribution in [-0.2, 0) is 0 Å². The maximum atomic E-state index is 12.8. The van der Waals surface area contributed by atoms with E-state index in [-0.39, 0.29) is 5.82 Å². The summed E-state index contributed by atoms with van der Waals surface area (Å²) in [5.41, 5.74) is 1.59. The highest BCUT2D eigenvalue weighted by molar-refractivity contribution is 9.09. The third kappa shape index (κ3) is 4.65. The molecule has 90 valence electrons. The van der Waals surface area contributed by atoms with Gasteiger partial charge in [-0.05, 0) is 41.9 Å². The lowest BCUT2D eigenvalue weighted by Crippen LogP contribution is -2.09. The van der Waals surface area contributed by atoms with Gasteiger partial charge in [-0.2, -0.15) is 0 Å². The summed E-state index contributed by atoms with van der Waals surface area (Å²) >= 11 is 3.55. The van der Waals surface area contributed by atoms with Gasteiger partial charge in [0.15, 0.2) is 0 Å². The van der Waals surface area contributed by atoms with Crippen LogP contribution in [-0.4, -0.2) is 5.33 Å². The molecule has 1 aromatic rings. The van der Waals surface area contributed by atoms with Crippen LogP contribution < -0.4 is 0 Å². The molecule has 1 rings (SSSR count). The van der Waals surface area contributed by atoms with E-state index in [0.29, 0.717) is 11.3 Å². The summed E-state index contributed by atoms with van der Waals surface area (Å²) in [5.74, 6) is 0.327. The van der Waals surface area contributed by atoms with Crippen molar-refractivity contribution in [2.75, 3.05) is 5.33 Å². The molecule has 16 heavy (non-hydrogen) atoms. The highest BCUT2D eigenvalue weighted by atomic mass is 79.9. The summed E-state index contributed by atoms with van der Waals surface area (Å²) in [5, 5.41) is 0.939. The van der Waals surface area contributed by atoms with Gasteiger partial charge in [0, 0.05) is 5.33 Å². The minimum atomic E-state index is -0.159. The molecule has 0 saturated carbocycles. The second kappa shape index (κ2) is 5.81. The maximum Gasteiger partial charge on any atom is 0.123 e. The number of hydrogen-bond acceptors (Lipinski definition) is 0. The monoisotopic (exact) mass is 286 g/mol. The fourth-order valence-corrected chi connectivity index (χ4v) is 2.37. The second-order valence-corrected chi connectivity index (χ2v) is 6.15. The van der Waals surface area contributed by atoms with E-state index in [1.807, 2.05) is 12.1 Å². The predicted octanol–water partition coefficient (Wildman–Crippen LogP) is 5.13. The number of rotatable bonds is 4. The van der Waals surface area contributed by atoms with Gasteiger partial charge in [-0.25, -0.2) is 4.39 Å². The van der Waals surface area contributed by atoms with Crippen LogP contribution in [0.5, 0.6) is 0 Å². The van der Waals surface area contributed by atoms with Crippen molar-refractivity contribution in [3.05, 3.63) is 35.6 Å². The van der Waals surface area contributed by atoms with Crippen molar-refractivity contribution in [2.45, 2.75) is 39.5 Å². The van der Waals surface area contributed by atoms with Crippen molar-refractivity contribution < 1.29 is 4.39 Å². The van der Waals surface area contributed by atoms with E-state index in [2.05, 4.69) is 36.7 Å². The van der Waals surface area contributed by atoms with Gasteiger partial charge in [0.1, 0.15) is 5.82 Å². The van der Waals surface area contributed by atoms with E-state index >= 15 is 0 Å². The summed E-state index contributed by atoms with van der Waals surface area (Å²) < 4.78 is 12.8. The van der Waals surface area contributed by atoms with Crippen LogP contribution in [0.25, 0.3) is 0 Å². The Balaban J connectivity index is 2.64. The first-order valence-corrected chi connectivity index (χ1v) is 6.86. The third-order valence-corrected chi connectivity index (χ3v) is 3.55. The Morgan fingerprint density at radius 1 is 1.19 bits per heavy atom. The molecule has 0 heterocycles. The number of benzene rings is 1. The molecule has 0 aliphatic rings. The molecule has 0 aliphatic carbocycles. The van der Waals surface area contributed by atoms with E-state index in [4.69, 9.17) is 0 Å². The van der Waals surface area contributed by atoms with E-state index in [1.54, 1.807) is 12.1 Å². The Morgan fingerprint density at radius 2 is 1.75 bits per heavy atom. The summed E-state index contributed by atoms with van der Waals surface area (Å²) in [6.07, 6.45) is 2.32. The molecule has 1 unspecified atom stereocenters. The second-order valence-electron chi connectivity index (χ2n) is 5.50. The molecule has 0 spiro atoms. The van der Waals surface area contributed by atoms with Gasteiger partial charge in [-0.1, -0.05) is 48.8 Å².